The van der Waals surface area contributed by atoms with Gasteiger partial charge in [0.15, 0.2) is 0 Å². The van der Waals surface area contributed by atoms with E-state index >= 15 is 0 Å². The highest BCUT2D eigenvalue weighted by Crippen LogP contribution is 2.27. The molecule has 5 atom stereocenters. The number of aliphatic hydroxyl groups is 4. The van der Waals surface area contributed by atoms with Crippen LogP contribution >= 0.6 is 11.8 Å². The summed E-state index contributed by atoms with van der Waals surface area (Å²) in [7, 11) is 0. The molecule has 2 unspecified atom stereocenters. The molecule has 1 fully saturated rings. The third-order valence-corrected chi connectivity index (χ3v) is 3.23. The van der Waals surface area contributed by atoms with E-state index in [1.807, 2.05) is 6.92 Å². The van der Waals surface area contributed by atoms with Crippen molar-refractivity contribution >= 4 is 11.8 Å². The van der Waals surface area contributed by atoms with E-state index in [1.54, 1.807) is 0 Å². The molecule has 1 aliphatic heterocycles. The molecule has 0 amide bonds. The maximum atomic E-state index is 9.51. The molecule has 0 spiro atoms. The SMILES string of the molecule is CCS[C@H]1OC(CO)[C@@H](O)[C@@H](O)C1O. The van der Waals surface area contributed by atoms with Crippen molar-refractivity contribution in [2.24, 2.45) is 0 Å². The smallest absolute Gasteiger partial charge is 0.132 e. The summed E-state index contributed by atoms with van der Waals surface area (Å²) in [5, 5.41) is 37.2. The lowest BCUT2D eigenvalue weighted by atomic mass is 10.0. The van der Waals surface area contributed by atoms with Crippen LogP contribution < -0.4 is 0 Å². The van der Waals surface area contributed by atoms with Crippen molar-refractivity contribution < 1.29 is 25.2 Å². The summed E-state index contributed by atoms with van der Waals surface area (Å²) in [4.78, 5) is 0. The van der Waals surface area contributed by atoms with E-state index in [4.69, 9.17) is 9.84 Å². The Bertz CT molecular complexity index is 175. The Balaban J connectivity index is 2.63. The van der Waals surface area contributed by atoms with E-state index in [2.05, 4.69) is 0 Å². The molecule has 0 aromatic carbocycles. The maximum absolute atomic E-state index is 9.51. The number of thioether (sulfide) groups is 1. The van der Waals surface area contributed by atoms with Crippen molar-refractivity contribution in [3.63, 3.8) is 0 Å². The molecule has 6 heteroatoms. The van der Waals surface area contributed by atoms with Crippen molar-refractivity contribution in [3.8, 4) is 0 Å². The zero-order chi connectivity index (χ0) is 10.7. The average molecular weight is 224 g/mol. The van der Waals surface area contributed by atoms with Gasteiger partial charge < -0.3 is 25.2 Å². The van der Waals surface area contributed by atoms with Crippen LogP contribution in [0.2, 0.25) is 0 Å². The van der Waals surface area contributed by atoms with Crippen LogP contribution in [0, 0.1) is 0 Å². The first kappa shape index (κ1) is 12.2. The van der Waals surface area contributed by atoms with Crippen molar-refractivity contribution in [2.75, 3.05) is 12.4 Å². The largest absolute Gasteiger partial charge is 0.394 e. The summed E-state index contributed by atoms with van der Waals surface area (Å²) < 4.78 is 5.22. The molecular formula is C8H16O5S. The Hall–Kier alpha value is 0.150. The van der Waals surface area contributed by atoms with Gasteiger partial charge in [-0.25, -0.2) is 0 Å². The van der Waals surface area contributed by atoms with Gasteiger partial charge in [-0.3, -0.25) is 0 Å². The lowest BCUT2D eigenvalue weighted by Gasteiger charge is -2.39. The number of rotatable bonds is 3. The van der Waals surface area contributed by atoms with E-state index in [-0.39, 0.29) is 6.61 Å². The normalized spacial score (nSPS) is 43.9. The van der Waals surface area contributed by atoms with Crippen LogP contribution in [0.15, 0.2) is 0 Å². The topological polar surface area (TPSA) is 90.2 Å². The zero-order valence-corrected chi connectivity index (χ0v) is 8.72. The van der Waals surface area contributed by atoms with Gasteiger partial charge in [-0.15, -0.1) is 11.8 Å². The Morgan fingerprint density at radius 1 is 1.14 bits per heavy atom. The summed E-state index contributed by atoms with van der Waals surface area (Å²) in [5.74, 6) is 0.725. The minimum absolute atomic E-state index is 0.369. The first-order chi connectivity index (χ1) is 6.61. The molecule has 14 heavy (non-hydrogen) atoms. The molecule has 1 aliphatic rings. The number of aliphatic hydroxyl groups excluding tert-OH is 4. The molecule has 5 nitrogen and oxygen atoms in total. The van der Waals surface area contributed by atoms with E-state index in [0.717, 1.165) is 5.75 Å². The number of hydrogen-bond donors (Lipinski definition) is 4. The quantitative estimate of drug-likeness (QED) is 0.468. The number of hydrogen-bond acceptors (Lipinski definition) is 6. The van der Waals surface area contributed by atoms with Gasteiger partial charge >= 0.3 is 0 Å². The molecule has 84 valence electrons. The maximum Gasteiger partial charge on any atom is 0.132 e. The van der Waals surface area contributed by atoms with Crippen LogP contribution in [-0.4, -0.2) is 62.6 Å². The second kappa shape index (κ2) is 5.29. The highest BCUT2D eigenvalue weighted by molar-refractivity contribution is 7.99. The Kier molecular flexibility index (Phi) is 4.62. The fourth-order valence-corrected chi connectivity index (χ4v) is 2.28. The van der Waals surface area contributed by atoms with E-state index in [0.29, 0.717) is 0 Å². The number of ether oxygens (including phenoxy) is 1. The van der Waals surface area contributed by atoms with Gasteiger partial charge in [0.25, 0.3) is 0 Å². The zero-order valence-electron chi connectivity index (χ0n) is 7.91. The third kappa shape index (κ3) is 2.39. The van der Waals surface area contributed by atoms with Crippen LogP contribution in [0.25, 0.3) is 0 Å². The van der Waals surface area contributed by atoms with E-state index < -0.39 is 29.9 Å². The molecule has 4 N–H and O–H groups in total. The summed E-state index contributed by atoms with van der Waals surface area (Å²) in [6.07, 6.45) is -4.43. The predicted molar refractivity (Wildman–Crippen MR) is 51.9 cm³/mol. The molecular weight excluding hydrogens is 208 g/mol. The Morgan fingerprint density at radius 2 is 1.79 bits per heavy atom. The van der Waals surface area contributed by atoms with Crippen LogP contribution in [-0.2, 0) is 4.74 Å². The molecule has 0 radical (unpaired) electrons. The molecule has 1 heterocycles. The van der Waals surface area contributed by atoms with Crippen LogP contribution in [0.5, 0.6) is 0 Å². The Labute approximate surface area is 86.7 Å². The predicted octanol–water partition coefficient (Wildman–Crippen LogP) is -1.46. The summed E-state index contributed by atoms with van der Waals surface area (Å²) in [6, 6.07) is 0. The van der Waals surface area contributed by atoms with Crippen LogP contribution in [0.4, 0.5) is 0 Å². The molecule has 0 aromatic rings. The van der Waals surface area contributed by atoms with E-state index in [9.17, 15) is 15.3 Å². The van der Waals surface area contributed by atoms with Gasteiger partial charge in [-0.05, 0) is 5.75 Å². The summed E-state index contributed by atoms with van der Waals surface area (Å²) in [6.45, 7) is 1.53. The van der Waals surface area contributed by atoms with Crippen molar-refractivity contribution in [2.45, 2.75) is 36.8 Å². The lowest BCUT2D eigenvalue weighted by Crippen LogP contribution is -2.57. The van der Waals surface area contributed by atoms with Crippen molar-refractivity contribution in [3.05, 3.63) is 0 Å². The van der Waals surface area contributed by atoms with Gasteiger partial charge in [-0.2, -0.15) is 0 Å². The highest BCUT2D eigenvalue weighted by atomic mass is 32.2. The molecule has 0 aliphatic carbocycles. The van der Waals surface area contributed by atoms with E-state index in [1.165, 1.54) is 11.8 Å². The highest BCUT2D eigenvalue weighted by Gasteiger charge is 2.43. The Morgan fingerprint density at radius 3 is 2.29 bits per heavy atom. The van der Waals surface area contributed by atoms with Crippen LogP contribution in [0.1, 0.15) is 6.92 Å². The van der Waals surface area contributed by atoms with Crippen molar-refractivity contribution in [1.29, 1.82) is 0 Å². The monoisotopic (exact) mass is 224 g/mol. The van der Waals surface area contributed by atoms with Gasteiger partial charge in [0.2, 0.25) is 0 Å². The lowest BCUT2D eigenvalue weighted by molar-refractivity contribution is -0.205. The molecule has 0 saturated carbocycles. The summed E-state index contributed by atoms with van der Waals surface area (Å²) in [5.41, 5.74) is -0.587. The van der Waals surface area contributed by atoms with Gasteiger partial charge in [0.05, 0.1) is 6.61 Å². The second-order valence-corrected chi connectivity index (χ2v) is 4.53. The van der Waals surface area contributed by atoms with Gasteiger partial charge in [0.1, 0.15) is 29.9 Å². The fourth-order valence-electron chi connectivity index (χ4n) is 1.37. The molecule has 0 bridgehead atoms. The standard InChI is InChI=1S/C8H16O5S/c1-2-14-8-7(12)6(11)5(10)4(3-9)13-8/h4-12H,2-3H2,1H3/t4?,5-,6-,7?,8-/m1/s1. The van der Waals surface area contributed by atoms with Gasteiger partial charge in [-0.1, -0.05) is 6.92 Å². The second-order valence-electron chi connectivity index (χ2n) is 3.15. The first-order valence-electron chi connectivity index (χ1n) is 4.54. The minimum Gasteiger partial charge on any atom is -0.394 e. The molecule has 1 saturated heterocycles. The third-order valence-electron chi connectivity index (χ3n) is 2.18. The van der Waals surface area contributed by atoms with Gasteiger partial charge in [0, 0.05) is 0 Å². The first-order valence-corrected chi connectivity index (χ1v) is 5.58. The van der Waals surface area contributed by atoms with Crippen LogP contribution in [0.3, 0.4) is 0 Å². The van der Waals surface area contributed by atoms with Crippen molar-refractivity contribution in [1.82, 2.24) is 0 Å². The molecule has 0 aromatic heterocycles. The molecule has 1 rings (SSSR count). The fraction of sp³-hybridized carbons (Fsp3) is 1.00. The minimum atomic E-state index is -1.26. The summed E-state index contributed by atoms with van der Waals surface area (Å²) >= 11 is 1.33. The average Bonchev–Trinajstić information content (AvgIpc) is 2.19.